The molecule has 2 amide bonds. The van der Waals surface area contributed by atoms with Gasteiger partial charge in [-0.05, 0) is 62.8 Å². The number of aliphatic carboxylic acids is 1. The van der Waals surface area contributed by atoms with Gasteiger partial charge in [-0.1, -0.05) is 13.3 Å². The molecule has 1 atom stereocenters. The summed E-state index contributed by atoms with van der Waals surface area (Å²) in [5.41, 5.74) is 1.00. The number of benzene rings is 1. The van der Waals surface area contributed by atoms with Gasteiger partial charge in [0.1, 0.15) is 6.04 Å². The number of carbonyl (C=O) groups is 3. The Bertz CT molecular complexity index is 619. The Labute approximate surface area is 148 Å². The van der Waals surface area contributed by atoms with Crippen molar-refractivity contribution in [2.45, 2.75) is 52.0 Å². The quantitative estimate of drug-likeness (QED) is 0.738. The lowest BCUT2D eigenvalue weighted by Crippen LogP contribution is -2.38. The number of amides is 2. The van der Waals surface area contributed by atoms with Gasteiger partial charge in [-0.2, -0.15) is 0 Å². The van der Waals surface area contributed by atoms with Gasteiger partial charge in [0.05, 0.1) is 0 Å². The van der Waals surface area contributed by atoms with Crippen LogP contribution in [0.2, 0.25) is 0 Å². The van der Waals surface area contributed by atoms with E-state index in [1.54, 1.807) is 24.3 Å². The number of rotatable bonds is 6. The first-order valence-corrected chi connectivity index (χ1v) is 8.85. The molecule has 0 bridgehead atoms. The molecule has 0 heterocycles. The lowest BCUT2D eigenvalue weighted by atomic mass is 9.80. The monoisotopic (exact) mass is 346 g/mol. The summed E-state index contributed by atoms with van der Waals surface area (Å²) in [5, 5.41) is 14.1. The van der Waals surface area contributed by atoms with Gasteiger partial charge >= 0.3 is 5.97 Å². The summed E-state index contributed by atoms with van der Waals surface area (Å²) in [6.45, 7) is 3.60. The normalized spacial score (nSPS) is 21.2. The number of hydrogen-bond donors (Lipinski definition) is 3. The van der Waals surface area contributed by atoms with Gasteiger partial charge in [-0.25, -0.2) is 0 Å². The van der Waals surface area contributed by atoms with Crippen molar-refractivity contribution in [1.82, 2.24) is 5.32 Å². The van der Waals surface area contributed by atoms with Crippen LogP contribution in [0.15, 0.2) is 24.3 Å². The van der Waals surface area contributed by atoms with Crippen molar-refractivity contribution >= 4 is 23.5 Å². The van der Waals surface area contributed by atoms with Crippen LogP contribution in [0.3, 0.4) is 0 Å². The fourth-order valence-corrected chi connectivity index (χ4v) is 3.12. The smallest absolute Gasteiger partial charge is 0.325 e. The first-order valence-electron chi connectivity index (χ1n) is 8.85. The molecule has 1 aliphatic carbocycles. The fourth-order valence-electron chi connectivity index (χ4n) is 3.12. The Balaban J connectivity index is 1.88. The first kappa shape index (κ1) is 19.0. The molecule has 25 heavy (non-hydrogen) atoms. The average Bonchev–Trinajstić information content (AvgIpc) is 2.62. The minimum absolute atomic E-state index is 0.0336. The molecule has 0 saturated heterocycles. The van der Waals surface area contributed by atoms with Gasteiger partial charge in [-0.15, -0.1) is 0 Å². The third-order valence-electron chi connectivity index (χ3n) is 4.93. The van der Waals surface area contributed by atoms with Crippen molar-refractivity contribution in [2.24, 2.45) is 11.8 Å². The highest BCUT2D eigenvalue weighted by Crippen LogP contribution is 2.31. The number of anilines is 1. The Hall–Kier alpha value is -2.37. The molecule has 6 nitrogen and oxygen atoms in total. The van der Waals surface area contributed by atoms with Crippen LogP contribution >= 0.6 is 0 Å². The van der Waals surface area contributed by atoms with Crippen LogP contribution < -0.4 is 10.6 Å². The van der Waals surface area contributed by atoms with Crippen molar-refractivity contribution < 1.29 is 19.5 Å². The highest BCUT2D eigenvalue weighted by atomic mass is 16.4. The van der Waals surface area contributed by atoms with E-state index in [4.69, 9.17) is 5.11 Å². The van der Waals surface area contributed by atoms with Crippen LogP contribution in [0, 0.1) is 11.8 Å². The highest BCUT2D eigenvalue weighted by molar-refractivity contribution is 5.97. The minimum atomic E-state index is -1.09. The van der Waals surface area contributed by atoms with Gasteiger partial charge in [0.2, 0.25) is 5.91 Å². The highest BCUT2D eigenvalue weighted by Gasteiger charge is 2.25. The summed E-state index contributed by atoms with van der Waals surface area (Å²) in [4.78, 5) is 35.1. The number of carboxylic acids is 1. The number of carboxylic acid groups (broad SMARTS) is 1. The maximum absolute atomic E-state index is 12.3. The predicted octanol–water partition coefficient (Wildman–Crippen LogP) is 3.04. The van der Waals surface area contributed by atoms with E-state index in [9.17, 15) is 14.4 Å². The van der Waals surface area contributed by atoms with Crippen molar-refractivity contribution in [1.29, 1.82) is 0 Å². The van der Waals surface area contributed by atoms with Crippen LogP contribution in [-0.4, -0.2) is 28.9 Å². The predicted molar refractivity (Wildman–Crippen MR) is 95.4 cm³/mol. The van der Waals surface area contributed by atoms with Gasteiger partial charge in [0.25, 0.3) is 5.91 Å². The lowest BCUT2D eigenvalue weighted by Gasteiger charge is -2.26. The summed E-state index contributed by atoms with van der Waals surface area (Å²) < 4.78 is 0. The van der Waals surface area contributed by atoms with E-state index >= 15 is 0 Å². The zero-order chi connectivity index (χ0) is 18.4. The molecular formula is C19H26N2O4. The van der Waals surface area contributed by atoms with E-state index in [1.807, 2.05) is 0 Å². The Morgan fingerprint density at radius 1 is 1.12 bits per heavy atom. The largest absolute Gasteiger partial charge is 0.480 e. The van der Waals surface area contributed by atoms with Gasteiger partial charge in [0.15, 0.2) is 0 Å². The van der Waals surface area contributed by atoms with Crippen LogP contribution in [0.4, 0.5) is 5.69 Å². The van der Waals surface area contributed by atoms with E-state index in [0.717, 1.165) is 31.6 Å². The molecule has 1 unspecified atom stereocenters. The van der Waals surface area contributed by atoms with Crippen molar-refractivity contribution in [3.8, 4) is 0 Å². The van der Waals surface area contributed by atoms with Crippen molar-refractivity contribution in [2.75, 3.05) is 5.32 Å². The van der Waals surface area contributed by atoms with Gasteiger partial charge < -0.3 is 15.7 Å². The Kier molecular flexibility index (Phi) is 6.56. The Morgan fingerprint density at radius 3 is 2.24 bits per heavy atom. The zero-order valence-electron chi connectivity index (χ0n) is 14.7. The first-order chi connectivity index (χ1) is 11.9. The molecule has 3 N–H and O–H groups in total. The molecule has 0 radical (unpaired) electrons. The molecule has 1 aromatic carbocycles. The summed E-state index contributed by atoms with van der Waals surface area (Å²) >= 11 is 0. The second-order valence-electron chi connectivity index (χ2n) is 6.73. The molecule has 136 valence electrons. The molecule has 0 aliphatic heterocycles. The molecule has 1 fully saturated rings. The third kappa shape index (κ3) is 5.31. The van der Waals surface area contributed by atoms with E-state index in [1.165, 1.54) is 13.3 Å². The van der Waals surface area contributed by atoms with Crippen LogP contribution in [0.25, 0.3) is 0 Å². The number of hydrogen-bond acceptors (Lipinski definition) is 3. The van der Waals surface area contributed by atoms with Crippen LogP contribution in [-0.2, 0) is 9.59 Å². The minimum Gasteiger partial charge on any atom is -0.480 e. The third-order valence-corrected chi connectivity index (χ3v) is 4.93. The molecule has 6 heteroatoms. The maximum Gasteiger partial charge on any atom is 0.325 e. The van der Waals surface area contributed by atoms with Crippen LogP contribution in [0.5, 0.6) is 0 Å². The second-order valence-corrected chi connectivity index (χ2v) is 6.73. The fraction of sp³-hybridized carbons (Fsp3) is 0.526. The summed E-state index contributed by atoms with van der Waals surface area (Å²) in [6, 6.07) is 5.53. The van der Waals surface area contributed by atoms with E-state index < -0.39 is 17.9 Å². The molecule has 2 rings (SSSR count). The molecule has 1 aromatic rings. The second kappa shape index (κ2) is 8.65. The molecule has 1 aliphatic rings. The molecule has 0 spiro atoms. The standard InChI is InChI=1S/C19H26N2O4/c1-3-13-4-6-14(7-5-13)18(23)21-16-10-8-15(9-11-16)17(22)20-12(2)19(24)25/h8-14H,3-7H2,1-2H3,(H,20,22)(H,21,23)(H,24,25). The topological polar surface area (TPSA) is 95.5 Å². The van der Waals surface area contributed by atoms with E-state index in [2.05, 4.69) is 17.6 Å². The van der Waals surface area contributed by atoms with Gasteiger partial charge in [-0.3, -0.25) is 14.4 Å². The molecule has 1 saturated carbocycles. The van der Waals surface area contributed by atoms with E-state index in [0.29, 0.717) is 11.3 Å². The zero-order valence-corrected chi connectivity index (χ0v) is 14.7. The summed E-state index contributed by atoms with van der Waals surface area (Å²) in [6.07, 6.45) is 5.25. The summed E-state index contributed by atoms with van der Waals surface area (Å²) in [7, 11) is 0. The van der Waals surface area contributed by atoms with E-state index in [-0.39, 0.29) is 11.8 Å². The average molecular weight is 346 g/mol. The number of nitrogens with one attached hydrogen (secondary N) is 2. The SMILES string of the molecule is CCC1CCC(C(=O)Nc2ccc(C(=O)NC(C)C(=O)O)cc2)CC1. The van der Waals surface area contributed by atoms with Crippen LogP contribution in [0.1, 0.15) is 56.3 Å². The number of carbonyl (C=O) groups excluding carboxylic acids is 2. The lowest BCUT2D eigenvalue weighted by molar-refractivity contribution is -0.138. The Morgan fingerprint density at radius 2 is 1.72 bits per heavy atom. The van der Waals surface area contributed by atoms with Crippen molar-refractivity contribution in [3.63, 3.8) is 0 Å². The summed E-state index contributed by atoms with van der Waals surface area (Å²) in [5.74, 6) is -0.704. The maximum atomic E-state index is 12.3. The van der Waals surface area contributed by atoms with Crippen molar-refractivity contribution in [3.05, 3.63) is 29.8 Å². The molecule has 0 aromatic heterocycles. The molecular weight excluding hydrogens is 320 g/mol. The van der Waals surface area contributed by atoms with Gasteiger partial charge in [0, 0.05) is 17.2 Å².